The summed E-state index contributed by atoms with van der Waals surface area (Å²) < 4.78 is 5.49. The Bertz CT molecular complexity index is 639. The first-order valence-electron chi connectivity index (χ1n) is 8.19. The molecule has 1 aromatic heterocycles. The van der Waals surface area contributed by atoms with Gasteiger partial charge in [-0.05, 0) is 25.0 Å². The SMILES string of the molecule is CCC(N)(CC)CNC(=O)CSCc1coc(-c2ccccc2)n1. The van der Waals surface area contributed by atoms with E-state index in [1.165, 1.54) is 11.8 Å². The molecule has 0 aliphatic carbocycles. The number of thioether (sulfide) groups is 1. The molecule has 2 rings (SSSR count). The van der Waals surface area contributed by atoms with Crippen LogP contribution in [-0.4, -0.2) is 28.7 Å². The van der Waals surface area contributed by atoms with Crippen molar-refractivity contribution in [2.24, 2.45) is 5.73 Å². The van der Waals surface area contributed by atoms with Gasteiger partial charge >= 0.3 is 0 Å². The summed E-state index contributed by atoms with van der Waals surface area (Å²) in [6.07, 6.45) is 3.34. The van der Waals surface area contributed by atoms with Crippen LogP contribution in [0.15, 0.2) is 41.0 Å². The van der Waals surface area contributed by atoms with Gasteiger partial charge in [-0.15, -0.1) is 11.8 Å². The lowest BCUT2D eigenvalue weighted by atomic mass is 9.94. The molecule has 0 unspecified atom stereocenters. The van der Waals surface area contributed by atoms with Crippen LogP contribution in [0, 0.1) is 0 Å². The second kappa shape index (κ2) is 8.89. The largest absolute Gasteiger partial charge is 0.444 e. The summed E-state index contributed by atoms with van der Waals surface area (Å²) in [7, 11) is 0. The number of carbonyl (C=O) groups excluding carboxylic acids is 1. The quantitative estimate of drug-likeness (QED) is 0.728. The number of hydrogen-bond donors (Lipinski definition) is 2. The molecule has 0 aliphatic rings. The minimum atomic E-state index is -0.309. The van der Waals surface area contributed by atoms with Gasteiger partial charge in [0.25, 0.3) is 0 Å². The lowest BCUT2D eigenvalue weighted by molar-refractivity contribution is -0.118. The zero-order valence-electron chi connectivity index (χ0n) is 14.2. The Morgan fingerprint density at radius 1 is 1.29 bits per heavy atom. The molecule has 3 N–H and O–H groups in total. The number of amides is 1. The second-order valence-electron chi connectivity index (χ2n) is 5.85. The van der Waals surface area contributed by atoms with E-state index in [4.69, 9.17) is 10.2 Å². The highest BCUT2D eigenvalue weighted by Crippen LogP contribution is 2.20. The standard InChI is InChI=1S/C18H25N3O2S/c1-3-18(19,4-2)13-20-16(22)12-24-11-15-10-23-17(21-15)14-8-6-5-7-9-14/h5-10H,3-4,11-13,19H2,1-2H3,(H,20,22). The number of nitrogens with zero attached hydrogens (tertiary/aromatic N) is 1. The van der Waals surface area contributed by atoms with Crippen molar-refractivity contribution in [2.75, 3.05) is 12.3 Å². The van der Waals surface area contributed by atoms with E-state index < -0.39 is 0 Å². The van der Waals surface area contributed by atoms with E-state index in [1.807, 2.05) is 44.2 Å². The molecule has 5 nitrogen and oxygen atoms in total. The Hall–Kier alpha value is -1.79. The molecule has 1 heterocycles. The first-order valence-corrected chi connectivity index (χ1v) is 9.35. The number of benzene rings is 1. The third kappa shape index (κ3) is 5.39. The van der Waals surface area contributed by atoms with Gasteiger partial charge in [-0.1, -0.05) is 32.0 Å². The zero-order chi connectivity index (χ0) is 17.4. The van der Waals surface area contributed by atoms with Gasteiger partial charge in [0.2, 0.25) is 11.8 Å². The average molecular weight is 347 g/mol. The molecule has 0 saturated carbocycles. The van der Waals surface area contributed by atoms with Gasteiger partial charge in [0, 0.05) is 23.4 Å². The predicted octanol–water partition coefficient (Wildman–Crippen LogP) is 3.21. The fourth-order valence-electron chi connectivity index (χ4n) is 2.16. The third-order valence-corrected chi connectivity index (χ3v) is 5.07. The number of nitrogens with two attached hydrogens (primary N) is 1. The minimum Gasteiger partial charge on any atom is -0.444 e. The first kappa shape index (κ1) is 18.5. The summed E-state index contributed by atoms with van der Waals surface area (Å²) >= 11 is 1.51. The molecule has 2 aromatic rings. The molecule has 0 saturated heterocycles. The van der Waals surface area contributed by atoms with E-state index in [0.29, 0.717) is 23.9 Å². The molecule has 0 aliphatic heterocycles. The molecule has 1 aromatic carbocycles. The summed E-state index contributed by atoms with van der Waals surface area (Å²) in [5, 5.41) is 2.91. The lowest BCUT2D eigenvalue weighted by Crippen LogP contribution is -2.49. The van der Waals surface area contributed by atoms with Crippen molar-refractivity contribution in [3.05, 3.63) is 42.3 Å². The Morgan fingerprint density at radius 2 is 2.00 bits per heavy atom. The van der Waals surface area contributed by atoms with Gasteiger partial charge in [0.05, 0.1) is 11.4 Å². The highest BCUT2D eigenvalue weighted by molar-refractivity contribution is 7.99. The molecule has 6 heteroatoms. The van der Waals surface area contributed by atoms with Crippen LogP contribution < -0.4 is 11.1 Å². The normalized spacial score (nSPS) is 11.5. The van der Waals surface area contributed by atoms with Gasteiger partial charge in [-0.25, -0.2) is 4.98 Å². The smallest absolute Gasteiger partial charge is 0.230 e. The summed E-state index contributed by atoms with van der Waals surface area (Å²) in [6, 6.07) is 9.76. The summed E-state index contributed by atoms with van der Waals surface area (Å²) in [5.41, 5.74) is 7.65. The Labute approximate surface area is 147 Å². The topological polar surface area (TPSA) is 81.1 Å². The van der Waals surface area contributed by atoms with E-state index in [0.717, 1.165) is 24.1 Å². The predicted molar refractivity (Wildman–Crippen MR) is 98.6 cm³/mol. The van der Waals surface area contributed by atoms with Gasteiger partial charge in [-0.3, -0.25) is 4.79 Å². The van der Waals surface area contributed by atoms with Crippen molar-refractivity contribution in [3.63, 3.8) is 0 Å². The van der Waals surface area contributed by atoms with Crippen LogP contribution in [0.5, 0.6) is 0 Å². The number of aromatic nitrogens is 1. The number of carbonyl (C=O) groups is 1. The van der Waals surface area contributed by atoms with Gasteiger partial charge in [-0.2, -0.15) is 0 Å². The van der Waals surface area contributed by atoms with E-state index in [2.05, 4.69) is 10.3 Å². The van der Waals surface area contributed by atoms with Gasteiger partial charge in [0.15, 0.2) is 0 Å². The van der Waals surface area contributed by atoms with Crippen molar-refractivity contribution in [3.8, 4) is 11.5 Å². The van der Waals surface area contributed by atoms with E-state index in [9.17, 15) is 4.79 Å². The summed E-state index contributed by atoms with van der Waals surface area (Å²) in [5.74, 6) is 1.63. The van der Waals surface area contributed by atoms with Crippen molar-refractivity contribution in [2.45, 2.75) is 38.0 Å². The van der Waals surface area contributed by atoms with Crippen molar-refractivity contribution >= 4 is 17.7 Å². The van der Waals surface area contributed by atoms with E-state index in [-0.39, 0.29) is 11.4 Å². The third-order valence-electron chi connectivity index (χ3n) is 4.10. The molecular formula is C18H25N3O2S. The fourth-order valence-corrected chi connectivity index (χ4v) is 2.89. The average Bonchev–Trinajstić information content (AvgIpc) is 3.09. The summed E-state index contributed by atoms with van der Waals surface area (Å²) in [4.78, 5) is 16.4. The first-order chi connectivity index (χ1) is 11.6. The van der Waals surface area contributed by atoms with Crippen molar-refractivity contribution in [1.82, 2.24) is 10.3 Å². The molecule has 0 atom stereocenters. The number of rotatable bonds is 9. The molecular weight excluding hydrogens is 322 g/mol. The van der Waals surface area contributed by atoms with Crippen LogP contribution in [0.4, 0.5) is 0 Å². The Kier molecular flexibility index (Phi) is 6.87. The Balaban J connectivity index is 1.74. The van der Waals surface area contributed by atoms with Crippen LogP contribution >= 0.6 is 11.8 Å². The lowest BCUT2D eigenvalue weighted by Gasteiger charge is -2.26. The number of hydrogen-bond acceptors (Lipinski definition) is 5. The van der Waals surface area contributed by atoms with Crippen LogP contribution in [0.1, 0.15) is 32.4 Å². The molecule has 0 radical (unpaired) electrons. The maximum absolute atomic E-state index is 11.9. The molecule has 0 spiro atoms. The molecule has 0 bridgehead atoms. The van der Waals surface area contributed by atoms with Crippen LogP contribution in [0.25, 0.3) is 11.5 Å². The monoisotopic (exact) mass is 347 g/mol. The molecule has 130 valence electrons. The van der Waals surface area contributed by atoms with Crippen molar-refractivity contribution < 1.29 is 9.21 Å². The molecule has 0 fully saturated rings. The Morgan fingerprint density at radius 3 is 2.67 bits per heavy atom. The maximum atomic E-state index is 11.9. The van der Waals surface area contributed by atoms with E-state index >= 15 is 0 Å². The van der Waals surface area contributed by atoms with Crippen LogP contribution in [-0.2, 0) is 10.5 Å². The van der Waals surface area contributed by atoms with Crippen LogP contribution in [0.2, 0.25) is 0 Å². The van der Waals surface area contributed by atoms with E-state index in [1.54, 1.807) is 6.26 Å². The zero-order valence-corrected chi connectivity index (χ0v) is 15.1. The summed E-state index contributed by atoms with van der Waals surface area (Å²) in [6.45, 7) is 4.60. The highest BCUT2D eigenvalue weighted by Gasteiger charge is 2.20. The number of nitrogens with one attached hydrogen (secondary N) is 1. The molecule has 24 heavy (non-hydrogen) atoms. The van der Waals surface area contributed by atoms with Crippen LogP contribution in [0.3, 0.4) is 0 Å². The van der Waals surface area contributed by atoms with Crippen molar-refractivity contribution in [1.29, 1.82) is 0 Å². The minimum absolute atomic E-state index is 0.00324. The molecule has 1 amide bonds. The highest BCUT2D eigenvalue weighted by atomic mass is 32.2. The second-order valence-corrected chi connectivity index (χ2v) is 6.83. The van der Waals surface area contributed by atoms with Gasteiger partial charge < -0.3 is 15.5 Å². The fraction of sp³-hybridized carbons (Fsp3) is 0.444. The van der Waals surface area contributed by atoms with Gasteiger partial charge in [0.1, 0.15) is 6.26 Å². The maximum Gasteiger partial charge on any atom is 0.230 e. The number of oxazole rings is 1.